The monoisotopic (exact) mass is 235 g/mol. The van der Waals surface area contributed by atoms with Gasteiger partial charge in [0.25, 0.3) is 0 Å². The minimum Gasteiger partial charge on any atom is -0.399 e. The summed E-state index contributed by atoms with van der Waals surface area (Å²) in [6.07, 6.45) is 3.64. The lowest BCUT2D eigenvalue weighted by molar-refractivity contribution is -0.401. The Morgan fingerprint density at radius 3 is 3.06 bits per heavy atom. The van der Waals surface area contributed by atoms with Gasteiger partial charge in [-0.15, -0.1) is 11.3 Å². The SMILES string of the molecule is O=[N+]([O-])c1ccc(-c2cn3ccsc3n2)o1. The van der Waals surface area contributed by atoms with Crippen molar-refractivity contribution in [2.24, 2.45) is 0 Å². The zero-order valence-corrected chi connectivity index (χ0v) is 8.68. The van der Waals surface area contributed by atoms with Gasteiger partial charge in [0.05, 0.1) is 6.07 Å². The van der Waals surface area contributed by atoms with Gasteiger partial charge in [0.1, 0.15) is 10.6 Å². The molecule has 3 aromatic heterocycles. The number of nitro groups is 1. The summed E-state index contributed by atoms with van der Waals surface area (Å²) in [6.45, 7) is 0. The van der Waals surface area contributed by atoms with Crippen molar-refractivity contribution in [2.75, 3.05) is 0 Å². The molecule has 0 aliphatic carbocycles. The first kappa shape index (κ1) is 9.10. The third-order valence-electron chi connectivity index (χ3n) is 2.12. The molecule has 0 N–H and O–H groups in total. The summed E-state index contributed by atoms with van der Waals surface area (Å²) in [5, 5.41) is 12.4. The number of rotatable bonds is 2. The van der Waals surface area contributed by atoms with E-state index in [1.807, 2.05) is 16.0 Å². The van der Waals surface area contributed by atoms with Gasteiger partial charge in [-0.25, -0.2) is 4.98 Å². The highest BCUT2D eigenvalue weighted by Crippen LogP contribution is 2.26. The molecule has 16 heavy (non-hydrogen) atoms. The van der Waals surface area contributed by atoms with Crippen molar-refractivity contribution in [1.29, 1.82) is 0 Å². The molecule has 0 aromatic carbocycles. The molecule has 80 valence electrons. The third kappa shape index (κ3) is 1.29. The highest BCUT2D eigenvalue weighted by Gasteiger charge is 2.15. The van der Waals surface area contributed by atoms with Gasteiger partial charge in [-0.05, 0) is 6.07 Å². The van der Waals surface area contributed by atoms with Crippen LogP contribution >= 0.6 is 11.3 Å². The van der Waals surface area contributed by atoms with Crippen molar-refractivity contribution in [3.8, 4) is 11.5 Å². The molecule has 0 bridgehead atoms. The maximum atomic E-state index is 10.5. The maximum absolute atomic E-state index is 10.5. The molecular formula is C9H5N3O3S. The Kier molecular flexibility index (Phi) is 1.80. The average molecular weight is 235 g/mol. The molecule has 0 aliphatic heterocycles. The standard InChI is InChI=1S/C9H5N3O3S/c13-12(14)8-2-1-7(15-8)6-5-11-3-4-16-9(11)10-6/h1-5H. The topological polar surface area (TPSA) is 73.6 Å². The van der Waals surface area contributed by atoms with Crippen molar-refractivity contribution in [2.45, 2.75) is 0 Å². The van der Waals surface area contributed by atoms with Crippen LogP contribution in [-0.2, 0) is 0 Å². The second-order valence-electron chi connectivity index (χ2n) is 3.11. The largest absolute Gasteiger partial charge is 0.433 e. The van der Waals surface area contributed by atoms with E-state index in [2.05, 4.69) is 4.98 Å². The lowest BCUT2D eigenvalue weighted by Crippen LogP contribution is -1.82. The van der Waals surface area contributed by atoms with Gasteiger partial charge >= 0.3 is 5.88 Å². The van der Waals surface area contributed by atoms with E-state index in [1.165, 1.54) is 17.4 Å². The van der Waals surface area contributed by atoms with E-state index in [1.54, 1.807) is 12.3 Å². The number of aromatic nitrogens is 2. The van der Waals surface area contributed by atoms with E-state index < -0.39 is 4.92 Å². The Morgan fingerprint density at radius 1 is 1.50 bits per heavy atom. The van der Waals surface area contributed by atoms with Crippen LogP contribution in [0.3, 0.4) is 0 Å². The molecular weight excluding hydrogens is 230 g/mol. The van der Waals surface area contributed by atoms with Crippen LogP contribution in [-0.4, -0.2) is 14.3 Å². The van der Waals surface area contributed by atoms with Gasteiger partial charge in [-0.3, -0.25) is 14.5 Å². The van der Waals surface area contributed by atoms with Crippen LogP contribution in [0.2, 0.25) is 0 Å². The fourth-order valence-electron chi connectivity index (χ4n) is 1.41. The van der Waals surface area contributed by atoms with Crippen LogP contribution in [0, 0.1) is 10.1 Å². The molecule has 0 fully saturated rings. The van der Waals surface area contributed by atoms with E-state index in [9.17, 15) is 10.1 Å². The number of nitrogens with zero attached hydrogens (tertiary/aromatic N) is 3. The van der Waals surface area contributed by atoms with Gasteiger partial charge < -0.3 is 4.42 Å². The molecule has 3 rings (SSSR count). The summed E-state index contributed by atoms with van der Waals surface area (Å²) in [5.74, 6) is 0.133. The number of thiazole rings is 1. The highest BCUT2D eigenvalue weighted by atomic mass is 32.1. The smallest absolute Gasteiger partial charge is 0.399 e. The van der Waals surface area contributed by atoms with Gasteiger partial charge in [0.2, 0.25) is 0 Å². The zero-order chi connectivity index (χ0) is 11.1. The molecule has 0 spiro atoms. The van der Waals surface area contributed by atoms with Crippen LogP contribution in [0.5, 0.6) is 0 Å². The minimum atomic E-state index is -0.568. The van der Waals surface area contributed by atoms with Crippen molar-refractivity contribution < 1.29 is 9.34 Å². The quantitative estimate of drug-likeness (QED) is 0.505. The first-order valence-electron chi connectivity index (χ1n) is 4.41. The van der Waals surface area contributed by atoms with Crippen LogP contribution in [0.15, 0.2) is 34.3 Å². The summed E-state index contributed by atoms with van der Waals surface area (Å²) >= 11 is 1.49. The first-order chi connectivity index (χ1) is 7.74. The summed E-state index contributed by atoms with van der Waals surface area (Å²) in [5.41, 5.74) is 0.597. The number of hydrogen-bond donors (Lipinski definition) is 0. The molecule has 0 aliphatic rings. The van der Waals surface area contributed by atoms with Gasteiger partial charge in [-0.2, -0.15) is 0 Å². The Balaban J connectivity index is 2.08. The Morgan fingerprint density at radius 2 is 2.38 bits per heavy atom. The molecule has 0 radical (unpaired) electrons. The van der Waals surface area contributed by atoms with Crippen LogP contribution < -0.4 is 0 Å². The lowest BCUT2D eigenvalue weighted by Gasteiger charge is -1.86. The van der Waals surface area contributed by atoms with Crippen LogP contribution in [0.4, 0.5) is 5.88 Å². The molecule has 0 saturated heterocycles. The second-order valence-corrected chi connectivity index (χ2v) is 3.99. The summed E-state index contributed by atoms with van der Waals surface area (Å²) in [6, 6.07) is 2.87. The average Bonchev–Trinajstić information content (AvgIpc) is 2.91. The maximum Gasteiger partial charge on any atom is 0.433 e. The fraction of sp³-hybridized carbons (Fsp3) is 0. The molecule has 6 nitrogen and oxygen atoms in total. The molecule has 0 saturated carbocycles. The normalized spacial score (nSPS) is 11.0. The van der Waals surface area contributed by atoms with E-state index in [4.69, 9.17) is 4.42 Å². The molecule has 0 unspecified atom stereocenters. The predicted octanol–water partition coefficient (Wildman–Crippen LogP) is 2.56. The van der Waals surface area contributed by atoms with Gasteiger partial charge in [0, 0.05) is 17.8 Å². The lowest BCUT2D eigenvalue weighted by atomic mass is 10.4. The minimum absolute atomic E-state index is 0.272. The number of fused-ring (bicyclic) bond motifs is 1. The molecule has 0 atom stereocenters. The van der Waals surface area contributed by atoms with Crippen molar-refractivity contribution >= 4 is 22.2 Å². The van der Waals surface area contributed by atoms with E-state index in [0.717, 1.165) is 4.96 Å². The van der Waals surface area contributed by atoms with E-state index >= 15 is 0 Å². The molecule has 3 heterocycles. The van der Waals surface area contributed by atoms with Crippen molar-refractivity contribution in [3.63, 3.8) is 0 Å². The first-order valence-corrected chi connectivity index (χ1v) is 5.29. The molecule has 3 aromatic rings. The van der Waals surface area contributed by atoms with Crippen LogP contribution in [0.25, 0.3) is 16.4 Å². The summed E-state index contributed by atoms with van der Waals surface area (Å²) in [4.78, 5) is 15.0. The van der Waals surface area contributed by atoms with E-state index in [-0.39, 0.29) is 5.88 Å². The molecule has 7 heteroatoms. The Bertz CT molecular complexity index is 638. The zero-order valence-electron chi connectivity index (χ0n) is 7.86. The number of furan rings is 1. The third-order valence-corrected chi connectivity index (χ3v) is 2.89. The second kappa shape index (κ2) is 3.17. The van der Waals surface area contributed by atoms with Crippen molar-refractivity contribution in [3.05, 3.63) is 40.0 Å². The molecule has 0 amide bonds. The van der Waals surface area contributed by atoms with E-state index in [0.29, 0.717) is 11.5 Å². The predicted molar refractivity (Wildman–Crippen MR) is 57.4 cm³/mol. The summed E-state index contributed by atoms with van der Waals surface area (Å²) < 4.78 is 6.90. The van der Waals surface area contributed by atoms with Crippen molar-refractivity contribution in [1.82, 2.24) is 9.38 Å². The van der Waals surface area contributed by atoms with Gasteiger partial charge in [-0.1, -0.05) is 0 Å². The Hall–Kier alpha value is -2.15. The Labute approximate surface area is 92.9 Å². The van der Waals surface area contributed by atoms with Gasteiger partial charge in [0.15, 0.2) is 10.7 Å². The summed E-state index contributed by atoms with van der Waals surface area (Å²) in [7, 11) is 0. The fourth-order valence-corrected chi connectivity index (χ4v) is 2.11. The highest BCUT2D eigenvalue weighted by molar-refractivity contribution is 7.15. The van der Waals surface area contributed by atoms with Crippen LogP contribution in [0.1, 0.15) is 0 Å². The number of hydrogen-bond acceptors (Lipinski definition) is 5. The number of imidazole rings is 1.